The first kappa shape index (κ1) is 20.9. The molecule has 162 valence electrons. The second-order valence-corrected chi connectivity index (χ2v) is 9.09. The molecule has 0 aliphatic carbocycles. The van der Waals surface area contributed by atoms with E-state index in [4.69, 9.17) is 4.52 Å². The molecule has 31 heavy (non-hydrogen) atoms. The van der Waals surface area contributed by atoms with Crippen LogP contribution < -0.4 is 9.62 Å². The lowest BCUT2D eigenvalue weighted by atomic mass is 9.96. The number of nitrogens with one attached hydrogen (secondary N) is 1. The molecule has 4 rings (SSSR count). The zero-order valence-corrected chi connectivity index (χ0v) is 17.6. The second kappa shape index (κ2) is 8.44. The van der Waals surface area contributed by atoms with Crippen LogP contribution in [0.15, 0.2) is 57.9 Å². The Kier molecular flexibility index (Phi) is 5.70. The number of hydrogen-bond donors (Lipinski definition) is 1. The average molecular weight is 443 g/mol. The van der Waals surface area contributed by atoms with E-state index in [1.165, 1.54) is 19.2 Å². The Morgan fingerprint density at radius 2 is 1.87 bits per heavy atom. The van der Waals surface area contributed by atoms with Gasteiger partial charge in [0, 0.05) is 30.6 Å². The first-order valence-corrected chi connectivity index (χ1v) is 11.2. The largest absolute Gasteiger partial charge is 0.366 e. The Bertz CT molecular complexity index is 1190. The van der Waals surface area contributed by atoms with Gasteiger partial charge < -0.3 is 9.42 Å². The summed E-state index contributed by atoms with van der Waals surface area (Å²) in [6.45, 7) is 1.10. The molecule has 10 nitrogen and oxygen atoms in total. The van der Waals surface area contributed by atoms with E-state index in [1.54, 1.807) is 0 Å². The fraction of sp³-hybridized carbons (Fsp3) is 0.300. The minimum atomic E-state index is -3.77. The normalized spacial score (nSPS) is 15.2. The van der Waals surface area contributed by atoms with Gasteiger partial charge in [0.15, 0.2) is 0 Å². The number of benzene rings is 2. The summed E-state index contributed by atoms with van der Waals surface area (Å²) in [6, 6.07) is 13.5. The van der Waals surface area contributed by atoms with Crippen molar-refractivity contribution in [2.45, 2.75) is 23.7 Å². The highest BCUT2D eigenvalue weighted by Crippen LogP contribution is 2.36. The maximum absolute atomic E-state index is 12.0. The summed E-state index contributed by atoms with van der Waals surface area (Å²) in [4.78, 5) is 17.3. The van der Waals surface area contributed by atoms with Crippen molar-refractivity contribution < 1.29 is 17.9 Å². The lowest BCUT2D eigenvalue weighted by Gasteiger charge is -2.31. The van der Waals surface area contributed by atoms with Gasteiger partial charge >= 0.3 is 0 Å². The van der Waals surface area contributed by atoms with Crippen molar-refractivity contribution in [2.24, 2.45) is 0 Å². The molecule has 0 amide bonds. The van der Waals surface area contributed by atoms with E-state index in [1.807, 2.05) is 35.2 Å². The minimum absolute atomic E-state index is 0.0595. The molecule has 1 saturated heterocycles. The van der Waals surface area contributed by atoms with Crippen molar-refractivity contribution in [1.82, 2.24) is 14.9 Å². The van der Waals surface area contributed by atoms with Crippen molar-refractivity contribution in [2.75, 3.05) is 25.0 Å². The topological polar surface area (TPSA) is 131 Å². The van der Waals surface area contributed by atoms with Crippen LogP contribution in [0.1, 0.15) is 24.7 Å². The molecule has 0 saturated carbocycles. The van der Waals surface area contributed by atoms with E-state index in [0.29, 0.717) is 43.3 Å². The van der Waals surface area contributed by atoms with E-state index < -0.39 is 14.9 Å². The fourth-order valence-corrected chi connectivity index (χ4v) is 4.42. The van der Waals surface area contributed by atoms with E-state index >= 15 is 0 Å². The summed E-state index contributed by atoms with van der Waals surface area (Å²) in [5, 5.41) is 15.7. The summed E-state index contributed by atoms with van der Waals surface area (Å²) in [5.41, 5.74) is 1.04. The van der Waals surface area contributed by atoms with Crippen LogP contribution in [0, 0.1) is 10.1 Å². The van der Waals surface area contributed by atoms with E-state index in [0.717, 1.165) is 11.6 Å². The van der Waals surface area contributed by atoms with Gasteiger partial charge in [-0.3, -0.25) is 10.1 Å². The first-order chi connectivity index (χ1) is 14.9. The molecule has 1 fully saturated rings. The smallest absolute Gasteiger partial charge is 0.293 e. The van der Waals surface area contributed by atoms with Gasteiger partial charge in [0.05, 0.1) is 9.82 Å². The Labute approximate surface area is 179 Å². The number of sulfonamides is 1. The number of rotatable bonds is 6. The standard InChI is InChI=1S/C20H21N5O5S/c1-21-31(28,29)16-7-8-17(18(13-16)25(26)27)24-11-9-15(10-12-24)20-22-19(23-30-20)14-5-3-2-4-6-14/h2-8,13,15,21H,9-12H2,1H3. The predicted octanol–water partition coefficient (Wildman–Crippen LogP) is 2.94. The van der Waals surface area contributed by atoms with Gasteiger partial charge in [-0.1, -0.05) is 35.5 Å². The molecule has 3 aromatic rings. The number of anilines is 1. The highest BCUT2D eigenvalue weighted by Gasteiger charge is 2.29. The number of hydrogen-bond acceptors (Lipinski definition) is 8. The lowest BCUT2D eigenvalue weighted by molar-refractivity contribution is -0.384. The summed E-state index contributed by atoms with van der Waals surface area (Å²) >= 11 is 0. The molecule has 1 N–H and O–H groups in total. The third-order valence-corrected chi connectivity index (χ3v) is 6.79. The summed E-state index contributed by atoms with van der Waals surface area (Å²) in [5.74, 6) is 1.16. The van der Waals surface area contributed by atoms with Crippen LogP contribution in [0.2, 0.25) is 0 Å². The van der Waals surface area contributed by atoms with Crippen LogP contribution >= 0.6 is 0 Å². The molecule has 2 heterocycles. The quantitative estimate of drug-likeness (QED) is 0.454. The molecule has 0 radical (unpaired) electrons. The Morgan fingerprint density at radius 1 is 1.16 bits per heavy atom. The van der Waals surface area contributed by atoms with Crippen LogP contribution in [0.3, 0.4) is 0 Å². The molecule has 1 aliphatic rings. The van der Waals surface area contributed by atoms with Gasteiger partial charge in [-0.15, -0.1) is 0 Å². The number of aromatic nitrogens is 2. The van der Waals surface area contributed by atoms with Crippen LogP contribution in [0.5, 0.6) is 0 Å². The van der Waals surface area contributed by atoms with E-state index in [9.17, 15) is 18.5 Å². The number of nitro groups is 1. The van der Waals surface area contributed by atoms with Gasteiger partial charge in [-0.25, -0.2) is 13.1 Å². The molecule has 0 atom stereocenters. The van der Waals surface area contributed by atoms with Crippen molar-refractivity contribution >= 4 is 21.4 Å². The monoisotopic (exact) mass is 443 g/mol. The number of nitro benzene ring substituents is 1. The van der Waals surface area contributed by atoms with Crippen LogP contribution in [-0.2, 0) is 10.0 Å². The zero-order chi connectivity index (χ0) is 22.0. The SMILES string of the molecule is CNS(=O)(=O)c1ccc(N2CCC(c3nc(-c4ccccc4)no3)CC2)c([N+](=O)[O-])c1. The third-order valence-electron chi connectivity index (χ3n) is 5.38. The minimum Gasteiger partial charge on any atom is -0.366 e. The number of nitrogens with zero attached hydrogens (tertiary/aromatic N) is 4. The Morgan fingerprint density at radius 3 is 2.52 bits per heavy atom. The van der Waals surface area contributed by atoms with Crippen molar-refractivity contribution in [3.63, 3.8) is 0 Å². The first-order valence-electron chi connectivity index (χ1n) is 9.75. The molecule has 2 aromatic carbocycles. The molecule has 0 bridgehead atoms. The predicted molar refractivity (Wildman–Crippen MR) is 113 cm³/mol. The average Bonchev–Trinajstić information content (AvgIpc) is 3.30. The maximum atomic E-state index is 12.0. The van der Waals surface area contributed by atoms with Crippen LogP contribution in [-0.4, -0.2) is 43.6 Å². The summed E-state index contributed by atoms with van der Waals surface area (Å²) in [7, 11) is -2.50. The maximum Gasteiger partial charge on any atom is 0.293 e. The highest BCUT2D eigenvalue weighted by atomic mass is 32.2. The molecular formula is C20H21N5O5S. The van der Waals surface area contributed by atoms with Crippen molar-refractivity contribution in [3.8, 4) is 11.4 Å². The third kappa shape index (κ3) is 4.28. The zero-order valence-electron chi connectivity index (χ0n) is 16.8. The fourth-order valence-electron chi connectivity index (χ4n) is 3.67. The van der Waals surface area contributed by atoms with E-state index in [2.05, 4.69) is 14.9 Å². The molecule has 11 heteroatoms. The van der Waals surface area contributed by atoms with E-state index in [-0.39, 0.29) is 16.5 Å². The summed E-state index contributed by atoms with van der Waals surface area (Å²) < 4.78 is 31.6. The molecule has 1 aromatic heterocycles. The second-order valence-electron chi connectivity index (χ2n) is 7.20. The lowest BCUT2D eigenvalue weighted by Crippen LogP contribution is -2.33. The molecule has 0 unspecified atom stereocenters. The van der Waals surface area contributed by atoms with Crippen molar-refractivity contribution in [3.05, 3.63) is 64.5 Å². The molecular weight excluding hydrogens is 422 g/mol. The van der Waals surface area contributed by atoms with Gasteiger partial charge in [0.1, 0.15) is 5.69 Å². The van der Waals surface area contributed by atoms with Crippen LogP contribution in [0.4, 0.5) is 11.4 Å². The molecule has 1 aliphatic heterocycles. The number of piperidine rings is 1. The highest BCUT2D eigenvalue weighted by molar-refractivity contribution is 7.89. The van der Waals surface area contributed by atoms with Gasteiger partial charge in [-0.05, 0) is 32.0 Å². The summed E-state index contributed by atoms with van der Waals surface area (Å²) in [6.07, 6.45) is 1.37. The van der Waals surface area contributed by atoms with Crippen molar-refractivity contribution in [1.29, 1.82) is 0 Å². The van der Waals surface area contributed by atoms with Gasteiger partial charge in [0.25, 0.3) is 5.69 Å². The Balaban J connectivity index is 1.50. The van der Waals surface area contributed by atoms with Crippen LogP contribution in [0.25, 0.3) is 11.4 Å². The molecule has 0 spiro atoms. The van der Waals surface area contributed by atoms with Gasteiger partial charge in [-0.2, -0.15) is 4.98 Å². The van der Waals surface area contributed by atoms with Gasteiger partial charge in [0.2, 0.25) is 21.7 Å². The Hall–Kier alpha value is -3.31.